The first kappa shape index (κ1) is 17.9. The van der Waals surface area contributed by atoms with Gasteiger partial charge in [0, 0.05) is 24.7 Å². The molecule has 2 heterocycles. The van der Waals surface area contributed by atoms with Crippen molar-refractivity contribution in [2.75, 3.05) is 13.1 Å². The summed E-state index contributed by atoms with van der Waals surface area (Å²) >= 11 is 0. The smallest absolute Gasteiger partial charge is 0.226 e. The lowest BCUT2D eigenvalue weighted by atomic mass is 9.91. The van der Waals surface area contributed by atoms with Crippen LogP contribution in [-0.4, -0.2) is 29.0 Å². The van der Waals surface area contributed by atoms with Crippen LogP contribution in [0.5, 0.6) is 0 Å². The highest BCUT2D eigenvalue weighted by molar-refractivity contribution is 5.85. The van der Waals surface area contributed by atoms with E-state index in [9.17, 15) is 4.39 Å². The minimum absolute atomic E-state index is 0. The molecule has 1 aliphatic heterocycles. The molecule has 0 spiro atoms. The van der Waals surface area contributed by atoms with Crippen molar-refractivity contribution in [2.24, 2.45) is 11.7 Å². The lowest BCUT2D eigenvalue weighted by Crippen LogP contribution is -2.48. The molecule has 0 amide bonds. The number of nitrogens with zero attached hydrogens (tertiary/aromatic N) is 2. The molecule has 126 valence electrons. The van der Waals surface area contributed by atoms with E-state index in [4.69, 9.17) is 10.2 Å². The summed E-state index contributed by atoms with van der Waals surface area (Å²) in [7, 11) is 0. The minimum atomic E-state index is -0.261. The van der Waals surface area contributed by atoms with Crippen molar-refractivity contribution in [1.82, 2.24) is 9.88 Å². The van der Waals surface area contributed by atoms with Gasteiger partial charge in [-0.3, -0.25) is 4.90 Å². The lowest BCUT2D eigenvalue weighted by molar-refractivity contribution is 0.0977. The highest BCUT2D eigenvalue weighted by Gasteiger charge is 2.27. The molecule has 1 aromatic heterocycles. The van der Waals surface area contributed by atoms with E-state index in [-0.39, 0.29) is 18.2 Å². The fourth-order valence-corrected chi connectivity index (χ4v) is 3.22. The monoisotopic (exact) mass is 339 g/mol. The molecule has 0 aliphatic carbocycles. The Morgan fingerprint density at radius 2 is 2.09 bits per heavy atom. The maximum atomic E-state index is 13.0. The molecule has 4 nitrogen and oxygen atoms in total. The van der Waals surface area contributed by atoms with E-state index in [2.05, 4.69) is 16.8 Å². The third-order valence-electron chi connectivity index (χ3n) is 4.48. The zero-order valence-electron chi connectivity index (χ0n) is 13.2. The Bertz CT molecular complexity index is 617. The second kappa shape index (κ2) is 7.90. The number of aromatic nitrogens is 1. The van der Waals surface area contributed by atoms with Gasteiger partial charge in [0.05, 0.1) is 5.69 Å². The molecule has 1 saturated heterocycles. The van der Waals surface area contributed by atoms with E-state index in [1.54, 1.807) is 18.4 Å². The molecule has 2 N–H and O–H groups in total. The fourth-order valence-electron chi connectivity index (χ4n) is 3.22. The minimum Gasteiger partial charge on any atom is -0.444 e. The van der Waals surface area contributed by atoms with Gasteiger partial charge in [0.2, 0.25) is 5.89 Å². The van der Waals surface area contributed by atoms with Gasteiger partial charge in [-0.15, -0.1) is 12.4 Å². The predicted molar refractivity (Wildman–Crippen MR) is 90.8 cm³/mol. The third kappa shape index (κ3) is 4.10. The largest absolute Gasteiger partial charge is 0.444 e. The van der Waals surface area contributed by atoms with Crippen molar-refractivity contribution in [3.8, 4) is 11.5 Å². The summed E-state index contributed by atoms with van der Waals surface area (Å²) in [6, 6.07) is 6.58. The first-order valence-corrected chi connectivity index (χ1v) is 7.82. The molecule has 2 unspecified atom stereocenters. The maximum Gasteiger partial charge on any atom is 0.226 e. The Labute approximate surface area is 142 Å². The standard InChI is InChI=1S/C17H22FN3O.ClH/c1-12-3-2-8-21(16(12)9-19)10-15-11-22-17(20-15)13-4-6-14(18)7-5-13;/h4-7,11-12,16H,2-3,8-10,19H2,1H3;1H. The first-order chi connectivity index (χ1) is 10.7. The second-order valence-electron chi connectivity index (χ2n) is 6.04. The summed E-state index contributed by atoms with van der Waals surface area (Å²) in [5.74, 6) is 0.884. The van der Waals surface area contributed by atoms with Crippen LogP contribution in [0.4, 0.5) is 4.39 Å². The number of hydrogen-bond acceptors (Lipinski definition) is 4. The van der Waals surface area contributed by atoms with Gasteiger partial charge in [0.15, 0.2) is 0 Å². The molecule has 0 bridgehead atoms. The topological polar surface area (TPSA) is 55.3 Å². The molecule has 1 aliphatic rings. The van der Waals surface area contributed by atoms with Crippen LogP contribution >= 0.6 is 12.4 Å². The van der Waals surface area contributed by atoms with Gasteiger partial charge < -0.3 is 10.2 Å². The molecule has 0 saturated carbocycles. The highest BCUT2D eigenvalue weighted by atomic mass is 35.5. The zero-order chi connectivity index (χ0) is 15.5. The summed E-state index contributed by atoms with van der Waals surface area (Å²) in [6.07, 6.45) is 4.11. The molecule has 2 atom stereocenters. The van der Waals surface area contributed by atoms with Crippen LogP contribution in [0.2, 0.25) is 0 Å². The van der Waals surface area contributed by atoms with Crippen molar-refractivity contribution < 1.29 is 8.81 Å². The number of nitrogens with two attached hydrogens (primary N) is 1. The van der Waals surface area contributed by atoms with Crippen LogP contribution in [0, 0.1) is 11.7 Å². The van der Waals surface area contributed by atoms with Gasteiger partial charge in [-0.2, -0.15) is 0 Å². The van der Waals surface area contributed by atoms with E-state index in [0.717, 1.165) is 24.3 Å². The van der Waals surface area contributed by atoms with E-state index in [0.29, 0.717) is 24.4 Å². The van der Waals surface area contributed by atoms with E-state index in [1.165, 1.54) is 25.0 Å². The number of piperidine rings is 1. The van der Waals surface area contributed by atoms with Gasteiger partial charge in [-0.25, -0.2) is 9.37 Å². The zero-order valence-corrected chi connectivity index (χ0v) is 14.1. The summed E-state index contributed by atoms with van der Waals surface area (Å²) in [6.45, 7) is 4.72. The molecule has 1 aromatic carbocycles. The first-order valence-electron chi connectivity index (χ1n) is 7.82. The van der Waals surface area contributed by atoms with Crippen molar-refractivity contribution in [3.05, 3.63) is 42.0 Å². The quantitative estimate of drug-likeness (QED) is 0.926. The number of halogens is 2. The van der Waals surface area contributed by atoms with Crippen LogP contribution in [-0.2, 0) is 6.54 Å². The van der Waals surface area contributed by atoms with Crippen molar-refractivity contribution >= 4 is 12.4 Å². The van der Waals surface area contributed by atoms with E-state index in [1.807, 2.05) is 0 Å². The molecule has 6 heteroatoms. The van der Waals surface area contributed by atoms with Crippen LogP contribution < -0.4 is 5.73 Å². The summed E-state index contributed by atoms with van der Waals surface area (Å²) in [4.78, 5) is 6.92. The summed E-state index contributed by atoms with van der Waals surface area (Å²) < 4.78 is 18.5. The van der Waals surface area contributed by atoms with Crippen molar-refractivity contribution in [2.45, 2.75) is 32.4 Å². The molecule has 23 heavy (non-hydrogen) atoms. The average Bonchev–Trinajstić information content (AvgIpc) is 2.97. The molecule has 0 radical (unpaired) electrons. The molecular weight excluding hydrogens is 317 g/mol. The van der Waals surface area contributed by atoms with Gasteiger partial charge in [0.1, 0.15) is 12.1 Å². The Morgan fingerprint density at radius 1 is 1.35 bits per heavy atom. The van der Waals surface area contributed by atoms with Gasteiger partial charge in [0.25, 0.3) is 0 Å². The molecular formula is C17H23ClFN3O. The molecule has 2 aromatic rings. The number of rotatable bonds is 4. The number of benzene rings is 1. The number of oxazole rings is 1. The third-order valence-corrected chi connectivity index (χ3v) is 4.48. The van der Waals surface area contributed by atoms with Crippen molar-refractivity contribution in [1.29, 1.82) is 0 Å². The van der Waals surface area contributed by atoms with Crippen LogP contribution in [0.15, 0.2) is 34.9 Å². The SMILES string of the molecule is CC1CCCN(Cc2coc(-c3ccc(F)cc3)n2)C1CN.Cl. The van der Waals surface area contributed by atoms with Gasteiger partial charge in [-0.1, -0.05) is 6.92 Å². The maximum absolute atomic E-state index is 13.0. The Balaban J connectivity index is 0.00000192. The fraction of sp³-hybridized carbons (Fsp3) is 0.471. The van der Waals surface area contributed by atoms with Crippen LogP contribution in [0.25, 0.3) is 11.5 Å². The van der Waals surface area contributed by atoms with E-state index >= 15 is 0 Å². The van der Waals surface area contributed by atoms with Gasteiger partial charge in [-0.05, 0) is 49.6 Å². The Kier molecular flexibility index (Phi) is 6.16. The molecule has 1 fully saturated rings. The normalized spacial score (nSPS) is 21.9. The Morgan fingerprint density at radius 3 is 2.78 bits per heavy atom. The van der Waals surface area contributed by atoms with Crippen molar-refractivity contribution in [3.63, 3.8) is 0 Å². The highest BCUT2D eigenvalue weighted by Crippen LogP contribution is 2.25. The Hall–Kier alpha value is -1.43. The summed E-state index contributed by atoms with van der Waals surface area (Å²) in [5, 5.41) is 0. The van der Waals surface area contributed by atoms with Crippen LogP contribution in [0.1, 0.15) is 25.5 Å². The summed E-state index contributed by atoms with van der Waals surface area (Å²) in [5.41, 5.74) is 7.61. The number of hydrogen-bond donors (Lipinski definition) is 1. The predicted octanol–water partition coefficient (Wildman–Crippen LogP) is 3.46. The number of likely N-dealkylation sites (tertiary alicyclic amines) is 1. The second-order valence-corrected chi connectivity index (χ2v) is 6.04. The van der Waals surface area contributed by atoms with Crippen LogP contribution in [0.3, 0.4) is 0 Å². The van der Waals surface area contributed by atoms with E-state index < -0.39 is 0 Å². The lowest BCUT2D eigenvalue weighted by Gasteiger charge is -2.38. The van der Waals surface area contributed by atoms with Gasteiger partial charge >= 0.3 is 0 Å². The average molecular weight is 340 g/mol. The molecule has 3 rings (SSSR count).